The molecule has 126 valence electrons. The van der Waals surface area contributed by atoms with E-state index in [4.69, 9.17) is 10.5 Å². The molecule has 0 spiro atoms. The lowest BCUT2D eigenvalue weighted by atomic mass is 10.2. The molecule has 2 N–H and O–H groups in total. The van der Waals surface area contributed by atoms with Gasteiger partial charge in [0, 0.05) is 42.3 Å². The summed E-state index contributed by atoms with van der Waals surface area (Å²) in [7, 11) is -3.59. The van der Waals surface area contributed by atoms with Gasteiger partial charge in [-0.15, -0.1) is 12.4 Å². The van der Waals surface area contributed by atoms with Crippen molar-refractivity contribution in [3.63, 3.8) is 0 Å². The van der Waals surface area contributed by atoms with Crippen LogP contribution in [-0.2, 0) is 14.8 Å². The lowest BCUT2D eigenvalue weighted by Crippen LogP contribution is -2.51. The minimum absolute atomic E-state index is 0. The average Bonchev–Trinajstić information content (AvgIpc) is 2.54. The summed E-state index contributed by atoms with van der Waals surface area (Å²) in [6.45, 7) is 2.80. The predicted octanol–water partition coefficient (Wildman–Crippen LogP) is 1.39. The molecule has 0 aliphatic carbocycles. The van der Waals surface area contributed by atoms with Crippen LogP contribution in [0.25, 0.3) is 10.8 Å². The van der Waals surface area contributed by atoms with Crippen LogP contribution in [0.1, 0.15) is 6.92 Å². The summed E-state index contributed by atoms with van der Waals surface area (Å²) in [5.74, 6) is 0. The Hall–Kier alpha value is -1.25. The monoisotopic (exact) mass is 357 g/mol. The van der Waals surface area contributed by atoms with Crippen molar-refractivity contribution in [1.29, 1.82) is 0 Å². The highest BCUT2D eigenvalue weighted by Crippen LogP contribution is 2.26. The van der Waals surface area contributed by atoms with Crippen molar-refractivity contribution in [2.45, 2.75) is 24.0 Å². The van der Waals surface area contributed by atoms with E-state index in [1.807, 2.05) is 13.0 Å². The molecule has 23 heavy (non-hydrogen) atoms. The van der Waals surface area contributed by atoms with E-state index in [0.717, 1.165) is 5.39 Å². The highest BCUT2D eigenvalue weighted by molar-refractivity contribution is 7.89. The molecule has 2 unspecified atom stereocenters. The van der Waals surface area contributed by atoms with E-state index in [2.05, 4.69) is 4.98 Å². The molecule has 1 aliphatic heterocycles. The van der Waals surface area contributed by atoms with Gasteiger partial charge in [-0.1, -0.05) is 12.1 Å². The number of pyridine rings is 1. The third-order valence-corrected chi connectivity index (χ3v) is 5.82. The minimum Gasteiger partial charge on any atom is -0.374 e. The number of ether oxygens (including phenoxy) is 1. The number of sulfonamides is 1. The molecule has 8 heteroatoms. The molecule has 0 bridgehead atoms. The second-order valence-electron chi connectivity index (χ2n) is 5.48. The molecule has 1 aliphatic rings. The maximum atomic E-state index is 13.0. The second kappa shape index (κ2) is 7.11. The molecule has 0 saturated carbocycles. The molecule has 1 aromatic heterocycles. The molecule has 0 radical (unpaired) electrons. The van der Waals surface area contributed by atoms with E-state index in [-0.39, 0.29) is 31.1 Å². The zero-order chi connectivity index (χ0) is 15.7. The summed E-state index contributed by atoms with van der Waals surface area (Å²) in [5.41, 5.74) is 5.85. The quantitative estimate of drug-likeness (QED) is 0.897. The number of rotatable bonds is 3. The van der Waals surface area contributed by atoms with E-state index in [0.29, 0.717) is 23.4 Å². The molecule has 3 rings (SSSR count). The molecular formula is C15H20ClN3O3S. The van der Waals surface area contributed by atoms with E-state index in [1.54, 1.807) is 30.6 Å². The van der Waals surface area contributed by atoms with Crippen LogP contribution in [0.15, 0.2) is 41.6 Å². The van der Waals surface area contributed by atoms with Crippen LogP contribution in [0.4, 0.5) is 0 Å². The third kappa shape index (κ3) is 3.49. The first-order valence-corrected chi connectivity index (χ1v) is 8.64. The molecule has 2 atom stereocenters. The molecule has 6 nitrogen and oxygen atoms in total. The molecule has 0 amide bonds. The van der Waals surface area contributed by atoms with Gasteiger partial charge in [0.15, 0.2) is 0 Å². The van der Waals surface area contributed by atoms with Gasteiger partial charge in [-0.2, -0.15) is 4.31 Å². The Bertz CT molecular complexity index is 777. The van der Waals surface area contributed by atoms with Crippen LogP contribution < -0.4 is 5.73 Å². The summed E-state index contributed by atoms with van der Waals surface area (Å²) < 4.78 is 33.0. The van der Waals surface area contributed by atoms with Crippen molar-refractivity contribution in [2.75, 3.05) is 19.7 Å². The van der Waals surface area contributed by atoms with Crippen LogP contribution >= 0.6 is 12.4 Å². The van der Waals surface area contributed by atoms with Crippen molar-refractivity contribution in [3.8, 4) is 0 Å². The predicted molar refractivity (Wildman–Crippen MR) is 91.1 cm³/mol. The SMILES string of the molecule is CC(N)C1CN(S(=O)(=O)c2cccc3cnccc23)CCO1.Cl. The first-order valence-electron chi connectivity index (χ1n) is 7.20. The van der Waals surface area contributed by atoms with Crippen molar-refractivity contribution in [3.05, 3.63) is 36.7 Å². The number of morpholine rings is 1. The van der Waals surface area contributed by atoms with Crippen LogP contribution in [0.3, 0.4) is 0 Å². The maximum absolute atomic E-state index is 13.0. The standard InChI is InChI=1S/C15H19N3O3S.ClH/c1-11(16)14-10-18(7-8-21-14)22(19,20)15-4-2-3-12-9-17-6-5-13(12)15;/h2-6,9,11,14H,7-8,10,16H2,1H3;1H. The Balaban J connectivity index is 0.00000192. The summed E-state index contributed by atoms with van der Waals surface area (Å²) in [5, 5.41) is 1.49. The topological polar surface area (TPSA) is 85.5 Å². The van der Waals surface area contributed by atoms with E-state index in [9.17, 15) is 8.42 Å². The summed E-state index contributed by atoms with van der Waals surface area (Å²) >= 11 is 0. The van der Waals surface area contributed by atoms with Gasteiger partial charge in [-0.3, -0.25) is 4.98 Å². The number of hydrogen-bond acceptors (Lipinski definition) is 5. The fourth-order valence-corrected chi connectivity index (χ4v) is 4.29. The van der Waals surface area contributed by atoms with Crippen molar-refractivity contribution in [2.24, 2.45) is 5.73 Å². The van der Waals surface area contributed by atoms with Gasteiger partial charge in [0.2, 0.25) is 10.0 Å². The van der Waals surface area contributed by atoms with Gasteiger partial charge in [0.25, 0.3) is 0 Å². The van der Waals surface area contributed by atoms with Crippen molar-refractivity contribution >= 4 is 33.2 Å². The van der Waals surface area contributed by atoms with Gasteiger partial charge >= 0.3 is 0 Å². The highest BCUT2D eigenvalue weighted by atomic mass is 35.5. The first-order chi connectivity index (χ1) is 10.5. The lowest BCUT2D eigenvalue weighted by Gasteiger charge is -2.34. The van der Waals surface area contributed by atoms with E-state index < -0.39 is 10.0 Å². The summed E-state index contributed by atoms with van der Waals surface area (Å²) in [6.07, 6.45) is 2.99. The number of hydrogen-bond donors (Lipinski definition) is 1. The van der Waals surface area contributed by atoms with Crippen molar-refractivity contribution < 1.29 is 13.2 Å². The van der Waals surface area contributed by atoms with Crippen LogP contribution in [0.5, 0.6) is 0 Å². The van der Waals surface area contributed by atoms with Gasteiger partial charge in [0.05, 0.1) is 17.6 Å². The van der Waals surface area contributed by atoms with Crippen LogP contribution in [-0.4, -0.2) is 49.5 Å². The Morgan fingerprint density at radius 1 is 1.39 bits per heavy atom. The summed E-state index contributed by atoms with van der Waals surface area (Å²) in [4.78, 5) is 4.34. The van der Waals surface area contributed by atoms with E-state index >= 15 is 0 Å². The fourth-order valence-electron chi connectivity index (χ4n) is 2.64. The van der Waals surface area contributed by atoms with Crippen LogP contribution in [0, 0.1) is 0 Å². The Labute approximate surface area is 142 Å². The van der Waals surface area contributed by atoms with Gasteiger partial charge in [0.1, 0.15) is 0 Å². The van der Waals surface area contributed by atoms with E-state index in [1.165, 1.54) is 4.31 Å². The zero-order valence-corrected chi connectivity index (χ0v) is 14.4. The van der Waals surface area contributed by atoms with Crippen molar-refractivity contribution in [1.82, 2.24) is 9.29 Å². The summed E-state index contributed by atoms with van der Waals surface area (Å²) in [6, 6.07) is 6.74. The normalized spacial score (nSPS) is 20.9. The number of fused-ring (bicyclic) bond motifs is 1. The Kier molecular flexibility index (Phi) is 5.59. The largest absolute Gasteiger partial charge is 0.374 e. The smallest absolute Gasteiger partial charge is 0.243 e. The number of benzene rings is 1. The van der Waals surface area contributed by atoms with Gasteiger partial charge in [-0.25, -0.2) is 8.42 Å². The van der Waals surface area contributed by atoms with Crippen LogP contribution in [0.2, 0.25) is 0 Å². The van der Waals surface area contributed by atoms with Gasteiger partial charge in [-0.05, 0) is 19.1 Å². The molecule has 1 aromatic carbocycles. The fraction of sp³-hybridized carbons (Fsp3) is 0.400. The molecule has 1 fully saturated rings. The maximum Gasteiger partial charge on any atom is 0.243 e. The average molecular weight is 358 g/mol. The molecule has 1 saturated heterocycles. The number of aromatic nitrogens is 1. The lowest BCUT2D eigenvalue weighted by molar-refractivity contribution is -0.0119. The Morgan fingerprint density at radius 3 is 2.91 bits per heavy atom. The van der Waals surface area contributed by atoms with Gasteiger partial charge < -0.3 is 10.5 Å². The second-order valence-corrected chi connectivity index (χ2v) is 7.39. The molecule has 2 heterocycles. The highest BCUT2D eigenvalue weighted by Gasteiger charge is 2.33. The molecule has 2 aromatic rings. The minimum atomic E-state index is -3.59. The number of nitrogens with two attached hydrogens (primary N) is 1. The zero-order valence-electron chi connectivity index (χ0n) is 12.8. The number of halogens is 1. The third-order valence-electron chi connectivity index (χ3n) is 3.90. The number of nitrogens with zero attached hydrogens (tertiary/aromatic N) is 2. The first kappa shape index (κ1) is 18.1. The Morgan fingerprint density at radius 2 is 2.17 bits per heavy atom. The molecular weight excluding hydrogens is 338 g/mol.